The number of rotatable bonds is 6. The van der Waals surface area contributed by atoms with E-state index in [0.29, 0.717) is 24.6 Å². The average Bonchev–Trinajstić information content (AvgIpc) is 3.08. The highest BCUT2D eigenvalue weighted by Crippen LogP contribution is 2.21. The standard InChI is InChI=1S/C19H18FN3O2/c1-13-3-2-4-16(23-13)11-21-18(24)9-10-19-22-12-17(25-19)14-5-7-15(20)8-6-14/h2-8,12H,9-11H2,1H3,(H,21,24). The van der Waals surface area contributed by atoms with E-state index < -0.39 is 0 Å². The molecule has 0 saturated carbocycles. The first-order valence-electron chi connectivity index (χ1n) is 8.00. The van der Waals surface area contributed by atoms with Crippen LogP contribution < -0.4 is 5.32 Å². The lowest BCUT2D eigenvalue weighted by Gasteiger charge is -2.04. The van der Waals surface area contributed by atoms with Crippen molar-refractivity contribution in [3.63, 3.8) is 0 Å². The SMILES string of the molecule is Cc1cccc(CNC(=O)CCc2ncc(-c3ccc(F)cc3)o2)n1. The third kappa shape index (κ3) is 4.73. The minimum Gasteiger partial charge on any atom is -0.441 e. The van der Waals surface area contributed by atoms with Crippen LogP contribution in [0, 0.1) is 12.7 Å². The average molecular weight is 339 g/mol. The molecule has 3 rings (SSSR count). The molecule has 2 heterocycles. The van der Waals surface area contributed by atoms with E-state index in [-0.39, 0.29) is 18.1 Å². The molecule has 0 aliphatic heterocycles. The van der Waals surface area contributed by atoms with Crippen molar-refractivity contribution in [1.29, 1.82) is 0 Å². The second kappa shape index (κ2) is 7.70. The van der Waals surface area contributed by atoms with Crippen LogP contribution in [0.1, 0.15) is 23.7 Å². The lowest BCUT2D eigenvalue weighted by Crippen LogP contribution is -2.23. The van der Waals surface area contributed by atoms with Crippen molar-refractivity contribution in [2.75, 3.05) is 0 Å². The Kier molecular flexibility index (Phi) is 5.18. The number of halogens is 1. The van der Waals surface area contributed by atoms with Crippen LogP contribution in [0.5, 0.6) is 0 Å². The zero-order chi connectivity index (χ0) is 17.6. The van der Waals surface area contributed by atoms with Gasteiger partial charge in [0.1, 0.15) is 5.82 Å². The summed E-state index contributed by atoms with van der Waals surface area (Å²) in [6.07, 6.45) is 2.25. The van der Waals surface area contributed by atoms with Crippen LogP contribution in [0.25, 0.3) is 11.3 Å². The third-order valence-corrected chi connectivity index (χ3v) is 3.66. The molecule has 3 aromatic rings. The molecule has 2 aromatic heterocycles. The van der Waals surface area contributed by atoms with E-state index in [4.69, 9.17) is 4.42 Å². The van der Waals surface area contributed by atoms with E-state index in [1.165, 1.54) is 12.1 Å². The summed E-state index contributed by atoms with van der Waals surface area (Å²) in [5, 5.41) is 2.83. The predicted octanol–water partition coefficient (Wildman–Crippen LogP) is 3.43. The number of nitrogens with one attached hydrogen (secondary N) is 1. The maximum Gasteiger partial charge on any atom is 0.220 e. The van der Waals surface area contributed by atoms with Crippen LogP contribution >= 0.6 is 0 Å². The number of carbonyl (C=O) groups is 1. The van der Waals surface area contributed by atoms with Crippen LogP contribution in [-0.4, -0.2) is 15.9 Å². The maximum absolute atomic E-state index is 12.9. The molecule has 0 radical (unpaired) electrons. The van der Waals surface area contributed by atoms with E-state index in [2.05, 4.69) is 15.3 Å². The van der Waals surface area contributed by atoms with Gasteiger partial charge in [-0.15, -0.1) is 0 Å². The maximum atomic E-state index is 12.9. The summed E-state index contributed by atoms with van der Waals surface area (Å²) in [6, 6.07) is 11.7. The smallest absolute Gasteiger partial charge is 0.220 e. The van der Waals surface area contributed by atoms with Crippen LogP contribution in [0.4, 0.5) is 4.39 Å². The van der Waals surface area contributed by atoms with Gasteiger partial charge in [0.05, 0.1) is 18.4 Å². The first kappa shape index (κ1) is 16.8. The Morgan fingerprint density at radius 1 is 1.20 bits per heavy atom. The molecule has 5 nitrogen and oxygen atoms in total. The minimum atomic E-state index is -0.303. The van der Waals surface area contributed by atoms with Gasteiger partial charge in [0.25, 0.3) is 0 Å². The molecule has 0 fully saturated rings. The highest BCUT2D eigenvalue weighted by atomic mass is 19.1. The first-order valence-corrected chi connectivity index (χ1v) is 8.00. The van der Waals surface area contributed by atoms with Gasteiger partial charge < -0.3 is 9.73 Å². The zero-order valence-electron chi connectivity index (χ0n) is 13.8. The van der Waals surface area contributed by atoms with Crippen molar-refractivity contribution in [3.8, 4) is 11.3 Å². The summed E-state index contributed by atoms with van der Waals surface area (Å²) >= 11 is 0. The van der Waals surface area contributed by atoms with Crippen molar-refractivity contribution in [2.45, 2.75) is 26.3 Å². The number of carbonyl (C=O) groups excluding carboxylic acids is 1. The van der Waals surface area contributed by atoms with Crippen molar-refractivity contribution in [2.24, 2.45) is 0 Å². The molecule has 128 valence electrons. The molecule has 1 N–H and O–H groups in total. The predicted molar refractivity (Wildman–Crippen MR) is 91.0 cm³/mol. The fraction of sp³-hybridized carbons (Fsp3) is 0.211. The molecule has 0 spiro atoms. The second-order valence-electron chi connectivity index (χ2n) is 5.67. The highest BCUT2D eigenvalue weighted by Gasteiger charge is 2.09. The Hall–Kier alpha value is -3.02. The van der Waals surface area contributed by atoms with Gasteiger partial charge in [-0.25, -0.2) is 9.37 Å². The Labute approximate surface area is 144 Å². The van der Waals surface area contributed by atoms with E-state index in [0.717, 1.165) is 17.0 Å². The highest BCUT2D eigenvalue weighted by molar-refractivity contribution is 5.76. The number of benzene rings is 1. The Morgan fingerprint density at radius 3 is 2.76 bits per heavy atom. The normalized spacial score (nSPS) is 10.6. The lowest BCUT2D eigenvalue weighted by molar-refractivity contribution is -0.121. The molecule has 1 aromatic carbocycles. The van der Waals surface area contributed by atoms with E-state index in [9.17, 15) is 9.18 Å². The second-order valence-corrected chi connectivity index (χ2v) is 5.67. The fourth-order valence-corrected chi connectivity index (χ4v) is 2.37. The summed E-state index contributed by atoms with van der Waals surface area (Å²) in [5.74, 6) is 0.635. The van der Waals surface area contributed by atoms with Gasteiger partial charge in [0, 0.05) is 24.1 Å². The molecule has 0 aliphatic carbocycles. The van der Waals surface area contributed by atoms with Gasteiger partial charge in [-0.3, -0.25) is 9.78 Å². The van der Waals surface area contributed by atoms with Crippen LogP contribution in [0.3, 0.4) is 0 Å². The molecular formula is C19H18FN3O2. The molecule has 6 heteroatoms. The topological polar surface area (TPSA) is 68.0 Å². The number of amides is 1. The fourth-order valence-electron chi connectivity index (χ4n) is 2.37. The summed E-state index contributed by atoms with van der Waals surface area (Å²) in [7, 11) is 0. The molecule has 25 heavy (non-hydrogen) atoms. The van der Waals surface area contributed by atoms with Crippen LogP contribution in [0.2, 0.25) is 0 Å². The van der Waals surface area contributed by atoms with E-state index >= 15 is 0 Å². The van der Waals surface area contributed by atoms with Crippen molar-refractivity contribution in [1.82, 2.24) is 15.3 Å². The third-order valence-electron chi connectivity index (χ3n) is 3.66. The monoisotopic (exact) mass is 339 g/mol. The Morgan fingerprint density at radius 2 is 2.00 bits per heavy atom. The molecule has 0 saturated heterocycles. The molecule has 0 aliphatic rings. The van der Waals surface area contributed by atoms with Gasteiger partial charge in [-0.2, -0.15) is 0 Å². The zero-order valence-corrected chi connectivity index (χ0v) is 13.8. The number of hydrogen-bond donors (Lipinski definition) is 1. The summed E-state index contributed by atoms with van der Waals surface area (Å²) in [4.78, 5) is 20.4. The van der Waals surface area contributed by atoms with E-state index in [1.807, 2.05) is 25.1 Å². The quantitative estimate of drug-likeness (QED) is 0.747. The number of nitrogens with zero attached hydrogens (tertiary/aromatic N) is 2. The summed E-state index contributed by atoms with van der Waals surface area (Å²) in [5.41, 5.74) is 2.48. The van der Waals surface area contributed by atoms with E-state index in [1.54, 1.807) is 18.3 Å². The van der Waals surface area contributed by atoms with Crippen molar-refractivity contribution in [3.05, 3.63) is 71.8 Å². The van der Waals surface area contributed by atoms with Crippen LogP contribution in [0.15, 0.2) is 53.1 Å². The molecule has 0 atom stereocenters. The number of pyridine rings is 1. The van der Waals surface area contributed by atoms with Gasteiger partial charge in [0.2, 0.25) is 5.91 Å². The number of oxazole rings is 1. The van der Waals surface area contributed by atoms with Gasteiger partial charge in [-0.1, -0.05) is 6.07 Å². The van der Waals surface area contributed by atoms with Crippen molar-refractivity contribution < 1.29 is 13.6 Å². The molecule has 0 unspecified atom stereocenters. The largest absolute Gasteiger partial charge is 0.441 e. The number of aryl methyl sites for hydroxylation is 2. The Bertz CT molecular complexity index is 859. The molecule has 1 amide bonds. The van der Waals surface area contributed by atoms with Crippen molar-refractivity contribution >= 4 is 5.91 Å². The molecule has 0 bridgehead atoms. The van der Waals surface area contributed by atoms with Crippen LogP contribution in [-0.2, 0) is 17.8 Å². The number of aromatic nitrogens is 2. The minimum absolute atomic E-state index is 0.0927. The van der Waals surface area contributed by atoms with Gasteiger partial charge >= 0.3 is 0 Å². The lowest BCUT2D eigenvalue weighted by atomic mass is 10.2. The van der Waals surface area contributed by atoms with Gasteiger partial charge in [0.15, 0.2) is 11.7 Å². The number of hydrogen-bond acceptors (Lipinski definition) is 4. The molecular weight excluding hydrogens is 321 g/mol. The van der Waals surface area contributed by atoms with Gasteiger partial charge in [-0.05, 0) is 43.3 Å². The first-order chi connectivity index (χ1) is 12.1. The summed E-state index contributed by atoms with van der Waals surface area (Å²) < 4.78 is 18.6. The Balaban J connectivity index is 1.50. The summed E-state index contributed by atoms with van der Waals surface area (Å²) in [6.45, 7) is 2.31.